The first-order chi connectivity index (χ1) is 6.31. The number of nitrogens with two attached hydrogens (primary N) is 2. The van der Waals surface area contributed by atoms with Crippen LogP contribution in [0.2, 0.25) is 4.47 Å². The summed E-state index contributed by atoms with van der Waals surface area (Å²) in [6.07, 6.45) is 8.74. The fourth-order valence-corrected chi connectivity index (χ4v) is 1.48. The van der Waals surface area contributed by atoms with Gasteiger partial charge in [-0.3, -0.25) is 0 Å². The molecular formula is C9H30Ga2N4. The van der Waals surface area contributed by atoms with Crippen LogP contribution in [0.4, 0.5) is 0 Å². The summed E-state index contributed by atoms with van der Waals surface area (Å²) in [6.45, 7) is 8.00. The molecular weight excluding hydrogens is 304 g/mol. The zero-order valence-corrected chi connectivity index (χ0v) is 18.3. The monoisotopic (exact) mass is 332 g/mol. The first-order valence-corrected chi connectivity index (χ1v) is 10.9. The van der Waals surface area contributed by atoms with Gasteiger partial charge in [0.1, 0.15) is 0 Å². The van der Waals surface area contributed by atoms with Crippen molar-refractivity contribution in [3.05, 3.63) is 24.3 Å². The Bertz CT molecular complexity index is 107. The minimum absolute atomic E-state index is 0. The van der Waals surface area contributed by atoms with Crippen molar-refractivity contribution in [1.29, 1.82) is 0 Å². The van der Waals surface area contributed by atoms with Crippen molar-refractivity contribution in [3.8, 4) is 0 Å². The third-order valence-corrected chi connectivity index (χ3v) is 2.56. The van der Waals surface area contributed by atoms with Crippen molar-refractivity contribution < 1.29 is 0 Å². The van der Waals surface area contributed by atoms with Gasteiger partial charge in [0.05, 0.1) is 0 Å². The van der Waals surface area contributed by atoms with Gasteiger partial charge in [-0.1, -0.05) is 27.7 Å². The van der Waals surface area contributed by atoms with Crippen LogP contribution >= 0.6 is 0 Å². The van der Waals surface area contributed by atoms with Crippen LogP contribution in [-0.4, -0.2) is 36.5 Å². The Balaban J connectivity index is -0.0000000329. The van der Waals surface area contributed by atoms with E-state index in [9.17, 15) is 0 Å². The van der Waals surface area contributed by atoms with Crippen LogP contribution in [0.25, 0.3) is 0 Å². The predicted octanol–water partition coefficient (Wildman–Crippen LogP) is 1.08. The molecule has 92 valence electrons. The van der Waals surface area contributed by atoms with Crippen LogP contribution in [0.15, 0.2) is 24.3 Å². The molecule has 0 amide bonds. The number of hydrogen-bond donors (Lipinski definition) is 4. The number of rotatable bonds is 0. The molecule has 0 aliphatic heterocycles. The third-order valence-electron chi connectivity index (χ3n) is 0.940. The first kappa shape index (κ1) is 29.6. The van der Waals surface area contributed by atoms with Crippen molar-refractivity contribution in [1.82, 2.24) is 12.3 Å². The van der Waals surface area contributed by atoms with Gasteiger partial charge in [0.2, 0.25) is 0 Å². The van der Waals surface area contributed by atoms with E-state index in [1.807, 2.05) is 27.7 Å². The molecule has 6 heteroatoms. The summed E-state index contributed by atoms with van der Waals surface area (Å²) in [5, 5.41) is 0. The van der Waals surface area contributed by atoms with Gasteiger partial charge in [-0.2, -0.15) is 0 Å². The van der Waals surface area contributed by atoms with E-state index in [2.05, 4.69) is 24.3 Å². The van der Waals surface area contributed by atoms with Crippen molar-refractivity contribution in [2.24, 2.45) is 8.88 Å². The Hall–Kier alpha value is 0.593. The van der Waals surface area contributed by atoms with Gasteiger partial charge in [-0.25, -0.2) is 0 Å². The zero-order chi connectivity index (χ0) is 11.1. The third kappa shape index (κ3) is 40.1. The second-order valence-electron chi connectivity index (χ2n) is 1.86. The van der Waals surface area contributed by atoms with Crippen LogP contribution in [0.5, 0.6) is 0 Å². The van der Waals surface area contributed by atoms with Crippen LogP contribution in [0.1, 0.15) is 27.7 Å². The standard InChI is InChI=1S/C5H5.2C2H6.2Ga.2H3N.2H2N.3H/c1-2-4-5-3-1;2*1-2;;;;;;;;;/h1-5H;2*1-2H3;;;2*1H3;2*1H2;;;/q;;;;+2;;;2*-1;;;. The summed E-state index contributed by atoms with van der Waals surface area (Å²) in [5.74, 6) is 0. The quantitative estimate of drug-likeness (QED) is 0.495. The molecule has 0 heterocycles. The summed E-state index contributed by atoms with van der Waals surface area (Å²) < 4.78 is 10.5. The molecule has 4 nitrogen and oxygen atoms in total. The molecule has 0 fully saturated rings. The molecule has 10 N–H and O–H groups in total. The van der Waals surface area contributed by atoms with Crippen LogP contribution in [-0.2, 0) is 0 Å². The van der Waals surface area contributed by atoms with E-state index in [1.165, 1.54) is 0 Å². The van der Waals surface area contributed by atoms with E-state index >= 15 is 0 Å². The van der Waals surface area contributed by atoms with Gasteiger partial charge in [0.25, 0.3) is 0 Å². The number of allylic oxidation sites excluding steroid dienone is 4. The molecule has 0 aromatic rings. The normalized spacial score (nSPS) is 9.73. The van der Waals surface area contributed by atoms with Crippen molar-refractivity contribution in [2.45, 2.75) is 32.2 Å². The average Bonchev–Trinajstić information content (AvgIpc) is 2.64. The first-order valence-electron chi connectivity index (χ1n) is 5.06. The second kappa shape index (κ2) is 36.5. The zero-order valence-electron chi connectivity index (χ0n) is 11.2. The molecule has 0 aromatic carbocycles. The molecule has 0 radical (unpaired) electrons. The Labute approximate surface area is 114 Å². The molecule has 1 aliphatic rings. The Morgan fingerprint density at radius 3 is 1.20 bits per heavy atom. The fraction of sp³-hybridized carbons (Fsp3) is 0.556. The minimum atomic E-state index is -0.875. The van der Waals surface area contributed by atoms with Gasteiger partial charge in [-0.05, 0) is 0 Å². The molecule has 0 aromatic heterocycles. The molecule has 0 bridgehead atoms. The maximum absolute atomic E-state index is 4.81. The SMILES string of the molecule is CC.CC.N.N.[GaH2][CH]1C=CC=C1.[NH2][GaH][NH2]. The molecule has 0 saturated carbocycles. The van der Waals surface area contributed by atoms with Gasteiger partial charge < -0.3 is 12.3 Å². The summed E-state index contributed by atoms with van der Waals surface area (Å²) in [4.78, 5) is 0. The maximum atomic E-state index is 4.81. The Morgan fingerprint density at radius 2 is 1.13 bits per heavy atom. The molecule has 1 rings (SSSR count). The van der Waals surface area contributed by atoms with Gasteiger partial charge >= 0.3 is 74.1 Å². The van der Waals surface area contributed by atoms with Gasteiger partial charge in [0.15, 0.2) is 0 Å². The van der Waals surface area contributed by atoms with E-state index in [0.717, 1.165) is 23.1 Å². The van der Waals surface area contributed by atoms with Gasteiger partial charge in [0, 0.05) is 0 Å². The van der Waals surface area contributed by atoms with Crippen molar-refractivity contribution >= 4 is 36.5 Å². The summed E-state index contributed by atoms with van der Waals surface area (Å²) in [5.41, 5.74) is 0. The van der Waals surface area contributed by atoms with E-state index in [4.69, 9.17) is 8.88 Å². The summed E-state index contributed by atoms with van der Waals surface area (Å²) in [6, 6.07) is 0. The molecule has 0 saturated heterocycles. The summed E-state index contributed by atoms with van der Waals surface area (Å²) >= 11 is 0.0938. The Kier molecular flexibility index (Phi) is 72.0. The van der Waals surface area contributed by atoms with Crippen LogP contribution in [0.3, 0.4) is 0 Å². The molecule has 15 heavy (non-hydrogen) atoms. The van der Waals surface area contributed by atoms with E-state index in [1.54, 1.807) is 0 Å². The van der Waals surface area contributed by atoms with E-state index in [0.29, 0.717) is 0 Å². The van der Waals surface area contributed by atoms with Crippen molar-refractivity contribution in [2.75, 3.05) is 0 Å². The molecule has 1 aliphatic carbocycles. The van der Waals surface area contributed by atoms with Crippen molar-refractivity contribution in [3.63, 3.8) is 0 Å². The average molecular weight is 334 g/mol. The fourth-order valence-electron chi connectivity index (χ4n) is 0.543. The number of hydrogen-bond acceptors (Lipinski definition) is 4. The second-order valence-corrected chi connectivity index (χ2v) is 5.65. The van der Waals surface area contributed by atoms with E-state index < -0.39 is 17.9 Å². The predicted molar refractivity (Wildman–Crippen MR) is 78.8 cm³/mol. The van der Waals surface area contributed by atoms with Crippen LogP contribution < -0.4 is 21.2 Å². The molecule has 0 spiro atoms. The van der Waals surface area contributed by atoms with E-state index in [-0.39, 0.29) is 12.3 Å². The Morgan fingerprint density at radius 1 is 0.933 bits per heavy atom. The topological polar surface area (TPSA) is 122 Å². The molecule has 0 atom stereocenters. The molecule has 0 unspecified atom stereocenters. The van der Waals surface area contributed by atoms with Gasteiger partial charge in [-0.15, -0.1) is 0 Å². The van der Waals surface area contributed by atoms with Crippen LogP contribution in [0, 0.1) is 0 Å². The summed E-state index contributed by atoms with van der Waals surface area (Å²) in [7, 11) is 0.